The maximum absolute atomic E-state index is 10.9. The van der Waals surface area contributed by atoms with Gasteiger partial charge in [-0.3, -0.25) is 0 Å². The fraction of sp³-hybridized carbons (Fsp3) is 1.00. The predicted octanol–water partition coefficient (Wildman–Crippen LogP) is 4.76. The van der Waals surface area contributed by atoms with Crippen molar-refractivity contribution >= 4 is 15.9 Å². The maximum Gasteiger partial charge on any atom is 0.0675 e. The van der Waals surface area contributed by atoms with Crippen LogP contribution in [0.25, 0.3) is 0 Å². The molecule has 0 unspecified atom stereocenters. The minimum Gasteiger partial charge on any atom is -0.396 e. The number of aliphatic hydroxyl groups excluding tert-OH is 1. The van der Waals surface area contributed by atoms with E-state index in [-0.39, 0.29) is 17.9 Å². The summed E-state index contributed by atoms with van der Waals surface area (Å²) < 4.78 is 0. The van der Waals surface area contributed by atoms with Crippen LogP contribution in [0.4, 0.5) is 0 Å². The fourth-order valence-electron chi connectivity index (χ4n) is 7.36. The van der Waals surface area contributed by atoms with Crippen molar-refractivity contribution < 1.29 is 10.2 Å². The van der Waals surface area contributed by atoms with Gasteiger partial charge in [0.1, 0.15) is 0 Å². The standard InChI is InChI=1S/C20H35BrO2/c1-17(2)13-6-9-19(4)14(18(13,3)10-8-16(17)21)7-11-20(5,23)15(19)12-22/h13-16,22-23H,6-12H2,1-5H3/t13-,14+,15-,16-,18-,19+,20-/m1/s1. The van der Waals surface area contributed by atoms with E-state index in [2.05, 4.69) is 43.6 Å². The van der Waals surface area contributed by atoms with Gasteiger partial charge in [0.05, 0.1) is 5.60 Å². The molecule has 3 aliphatic carbocycles. The van der Waals surface area contributed by atoms with E-state index in [1.165, 1.54) is 19.3 Å². The second-order valence-electron chi connectivity index (χ2n) is 10.1. The highest BCUT2D eigenvalue weighted by Crippen LogP contribution is 2.70. The van der Waals surface area contributed by atoms with E-state index < -0.39 is 5.60 Å². The number of rotatable bonds is 1. The molecule has 0 radical (unpaired) electrons. The van der Waals surface area contributed by atoms with Crippen molar-refractivity contribution in [2.75, 3.05) is 6.61 Å². The third-order valence-corrected chi connectivity index (χ3v) is 10.3. The molecule has 0 heterocycles. The topological polar surface area (TPSA) is 40.5 Å². The van der Waals surface area contributed by atoms with Crippen molar-refractivity contribution in [3.63, 3.8) is 0 Å². The molecule has 0 spiro atoms. The first-order chi connectivity index (χ1) is 10.5. The van der Waals surface area contributed by atoms with Gasteiger partial charge in [-0.2, -0.15) is 0 Å². The molecule has 0 aromatic rings. The Bertz CT molecular complexity index is 474. The molecule has 0 aromatic carbocycles. The van der Waals surface area contributed by atoms with Crippen LogP contribution in [0.3, 0.4) is 0 Å². The monoisotopic (exact) mass is 386 g/mol. The van der Waals surface area contributed by atoms with Gasteiger partial charge in [-0.25, -0.2) is 0 Å². The molecule has 3 heteroatoms. The molecule has 3 fully saturated rings. The van der Waals surface area contributed by atoms with E-state index in [0.29, 0.717) is 21.6 Å². The van der Waals surface area contributed by atoms with Crippen LogP contribution in [0.5, 0.6) is 0 Å². The van der Waals surface area contributed by atoms with Gasteiger partial charge >= 0.3 is 0 Å². The molecule has 2 nitrogen and oxygen atoms in total. The second kappa shape index (κ2) is 5.45. The molecule has 7 atom stereocenters. The molecule has 134 valence electrons. The van der Waals surface area contributed by atoms with E-state index in [0.717, 1.165) is 25.2 Å². The summed E-state index contributed by atoms with van der Waals surface area (Å²) in [6.07, 6.45) is 6.83. The number of alkyl halides is 1. The Kier molecular flexibility index (Phi) is 4.31. The third-order valence-electron chi connectivity index (χ3n) is 8.67. The lowest BCUT2D eigenvalue weighted by Crippen LogP contribution is -2.64. The summed E-state index contributed by atoms with van der Waals surface area (Å²) in [5.41, 5.74) is 0.00994. The fourth-order valence-corrected chi connectivity index (χ4v) is 7.90. The Labute approximate surface area is 150 Å². The van der Waals surface area contributed by atoms with Crippen LogP contribution in [0, 0.1) is 34.0 Å². The number of hydrogen-bond acceptors (Lipinski definition) is 2. The van der Waals surface area contributed by atoms with Gasteiger partial charge in [0.2, 0.25) is 0 Å². The first-order valence-electron chi connectivity index (χ1n) is 9.47. The lowest BCUT2D eigenvalue weighted by molar-refractivity contribution is -0.215. The van der Waals surface area contributed by atoms with E-state index in [9.17, 15) is 10.2 Å². The van der Waals surface area contributed by atoms with Gasteiger partial charge in [-0.1, -0.05) is 43.6 Å². The average Bonchev–Trinajstić information content (AvgIpc) is 2.42. The Morgan fingerprint density at radius 1 is 0.870 bits per heavy atom. The summed E-state index contributed by atoms with van der Waals surface area (Å²) in [5.74, 6) is 1.36. The Balaban J connectivity index is 2.01. The minimum atomic E-state index is -0.717. The van der Waals surface area contributed by atoms with Crippen molar-refractivity contribution in [2.45, 2.75) is 83.6 Å². The molecule has 23 heavy (non-hydrogen) atoms. The number of aliphatic hydroxyl groups is 2. The second-order valence-corrected chi connectivity index (χ2v) is 11.2. The highest BCUT2D eigenvalue weighted by atomic mass is 79.9. The van der Waals surface area contributed by atoms with E-state index in [1.54, 1.807) is 0 Å². The van der Waals surface area contributed by atoms with Crippen LogP contribution in [-0.4, -0.2) is 27.2 Å². The molecule has 0 amide bonds. The van der Waals surface area contributed by atoms with Gasteiger partial charge in [0, 0.05) is 17.4 Å². The molecule has 0 saturated heterocycles. The maximum atomic E-state index is 10.9. The van der Waals surface area contributed by atoms with Crippen molar-refractivity contribution in [1.29, 1.82) is 0 Å². The molecule has 3 saturated carbocycles. The zero-order chi connectivity index (χ0) is 17.3. The molecule has 0 aliphatic heterocycles. The smallest absolute Gasteiger partial charge is 0.0675 e. The largest absolute Gasteiger partial charge is 0.396 e. The molecular weight excluding hydrogens is 352 g/mol. The molecule has 0 bridgehead atoms. The molecule has 3 aliphatic rings. The minimum absolute atomic E-state index is 0.0105. The lowest BCUT2D eigenvalue weighted by atomic mass is 9.38. The van der Waals surface area contributed by atoms with Crippen molar-refractivity contribution in [3.05, 3.63) is 0 Å². The summed E-state index contributed by atoms with van der Waals surface area (Å²) in [6.45, 7) is 11.8. The van der Waals surface area contributed by atoms with Crippen molar-refractivity contribution in [1.82, 2.24) is 0 Å². The normalized spacial score (nSPS) is 55.8. The quantitative estimate of drug-likeness (QED) is 0.637. The first kappa shape index (κ1) is 18.2. The van der Waals surface area contributed by atoms with Crippen LogP contribution in [0.2, 0.25) is 0 Å². The summed E-state index contributed by atoms with van der Waals surface area (Å²) in [5, 5.41) is 21.0. The molecule has 0 aromatic heterocycles. The highest BCUT2D eigenvalue weighted by molar-refractivity contribution is 9.09. The number of hydrogen-bond donors (Lipinski definition) is 2. The van der Waals surface area contributed by atoms with Gasteiger partial charge in [0.15, 0.2) is 0 Å². The van der Waals surface area contributed by atoms with Crippen molar-refractivity contribution in [2.24, 2.45) is 34.0 Å². The Morgan fingerprint density at radius 2 is 1.43 bits per heavy atom. The predicted molar refractivity (Wildman–Crippen MR) is 98.6 cm³/mol. The highest BCUT2D eigenvalue weighted by Gasteiger charge is 2.64. The van der Waals surface area contributed by atoms with Crippen LogP contribution in [-0.2, 0) is 0 Å². The Hall–Kier alpha value is 0.400. The van der Waals surface area contributed by atoms with Crippen LogP contribution < -0.4 is 0 Å². The zero-order valence-corrected chi connectivity index (χ0v) is 17.1. The molecule has 3 rings (SSSR count). The van der Waals surface area contributed by atoms with Gasteiger partial charge < -0.3 is 10.2 Å². The van der Waals surface area contributed by atoms with Gasteiger partial charge in [-0.05, 0) is 73.5 Å². The molecular formula is C20H35BrO2. The Morgan fingerprint density at radius 3 is 2.04 bits per heavy atom. The lowest BCUT2D eigenvalue weighted by Gasteiger charge is -2.68. The average molecular weight is 387 g/mol. The summed E-state index contributed by atoms with van der Waals surface area (Å²) in [6, 6.07) is 0. The van der Waals surface area contributed by atoms with E-state index >= 15 is 0 Å². The SMILES string of the molecule is CC1(C)[C@H](Br)CC[C@@]2(C)[C@@H]3CC[C@@](C)(O)[C@H](CO)[C@@]3(C)CC[C@H]12. The van der Waals surface area contributed by atoms with Gasteiger partial charge in [-0.15, -0.1) is 0 Å². The molecule has 2 N–H and O–H groups in total. The summed E-state index contributed by atoms with van der Waals surface area (Å²) >= 11 is 3.96. The number of halogens is 1. The third kappa shape index (κ3) is 2.39. The van der Waals surface area contributed by atoms with Gasteiger partial charge in [0.25, 0.3) is 0 Å². The van der Waals surface area contributed by atoms with Crippen LogP contribution in [0.15, 0.2) is 0 Å². The summed E-state index contributed by atoms with van der Waals surface area (Å²) in [7, 11) is 0. The number of fused-ring (bicyclic) bond motifs is 3. The van der Waals surface area contributed by atoms with Crippen molar-refractivity contribution in [3.8, 4) is 0 Å². The summed E-state index contributed by atoms with van der Waals surface area (Å²) in [4.78, 5) is 0.609. The zero-order valence-electron chi connectivity index (χ0n) is 15.5. The van der Waals surface area contributed by atoms with Crippen LogP contribution in [0.1, 0.15) is 73.1 Å². The first-order valence-corrected chi connectivity index (χ1v) is 10.4. The van der Waals surface area contributed by atoms with E-state index in [1.807, 2.05) is 6.92 Å². The van der Waals surface area contributed by atoms with E-state index in [4.69, 9.17) is 0 Å². The van der Waals surface area contributed by atoms with Crippen LogP contribution >= 0.6 is 15.9 Å².